The number of amides is 2. The predicted molar refractivity (Wildman–Crippen MR) is 128 cm³/mol. The number of hydrogen-bond acceptors (Lipinski definition) is 6. The lowest BCUT2D eigenvalue weighted by Crippen LogP contribution is -2.40. The van der Waals surface area contributed by atoms with Crippen LogP contribution in [0.25, 0.3) is 22.3 Å². The second-order valence-corrected chi connectivity index (χ2v) is 9.79. The first-order valence-electron chi connectivity index (χ1n) is 12.0. The van der Waals surface area contributed by atoms with Gasteiger partial charge in [-0.25, -0.2) is 0 Å². The first-order chi connectivity index (χ1) is 16.9. The molecule has 2 aliphatic rings. The van der Waals surface area contributed by atoms with Crippen molar-refractivity contribution in [3.8, 4) is 11.3 Å². The van der Waals surface area contributed by atoms with Crippen molar-refractivity contribution >= 4 is 22.8 Å². The van der Waals surface area contributed by atoms with Crippen molar-refractivity contribution in [2.45, 2.75) is 26.2 Å². The van der Waals surface area contributed by atoms with Crippen molar-refractivity contribution in [3.63, 3.8) is 0 Å². The highest BCUT2D eigenvalue weighted by Gasteiger charge is 2.55. The third kappa shape index (κ3) is 3.90. The van der Waals surface area contributed by atoms with E-state index in [4.69, 9.17) is 8.94 Å². The van der Waals surface area contributed by atoms with Crippen molar-refractivity contribution < 1.29 is 18.5 Å². The number of nitrogens with one attached hydrogen (secondary N) is 1. The van der Waals surface area contributed by atoms with Gasteiger partial charge < -0.3 is 19.2 Å². The van der Waals surface area contributed by atoms with Gasteiger partial charge in [-0.15, -0.1) is 0 Å². The number of para-hydroxylation sites is 1. The molecular formula is C26H27N5O4. The van der Waals surface area contributed by atoms with Crippen LogP contribution < -0.4 is 5.32 Å². The summed E-state index contributed by atoms with van der Waals surface area (Å²) < 4.78 is 12.8. The highest BCUT2D eigenvalue weighted by atomic mass is 16.5. The van der Waals surface area contributed by atoms with E-state index in [9.17, 15) is 9.59 Å². The lowest BCUT2D eigenvalue weighted by Gasteiger charge is -2.32. The molecule has 1 aromatic carbocycles. The number of aryl methyl sites for hydroxylation is 2. The molecule has 9 heteroatoms. The fourth-order valence-electron chi connectivity index (χ4n) is 5.39. The zero-order valence-corrected chi connectivity index (χ0v) is 19.8. The lowest BCUT2D eigenvalue weighted by atomic mass is 9.90. The Morgan fingerprint density at radius 2 is 2.00 bits per heavy atom. The number of piperidine rings is 1. The van der Waals surface area contributed by atoms with E-state index in [1.165, 1.54) is 0 Å². The number of nitrogens with zero attached hydrogens (tertiary/aromatic N) is 4. The Morgan fingerprint density at radius 1 is 1.20 bits per heavy atom. The molecule has 0 bridgehead atoms. The van der Waals surface area contributed by atoms with Gasteiger partial charge in [0, 0.05) is 44.3 Å². The molecule has 1 unspecified atom stereocenters. The number of fused-ring (bicyclic) bond motifs is 1. The Balaban J connectivity index is 1.02. The van der Waals surface area contributed by atoms with Crippen LogP contribution >= 0.6 is 0 Å². The van der Waals surface area contributed by atoms with Gasteiger partial charge in [0.25, 0.3) is 11.8 Å². The van der Waals surface area contributed by atoms with Crippen LogP contribution in [0.15, 0.2) is 51.5 Å². The number of benzene rings is 1. The molecule has 4 aromatic rings. The average molecular weight is 474 g/mol. The van der Waals surface area contributed by atoms with E-state index in [0.29, 0.717) is 48.3 Å². The monoisotopic (exact) mass is 473 g/mol. The van der Waals surface area contributed by atoms with E-state index >= 15 is 0 Å². The highest BCUT2D eigenvalue weighted by molar-refractivity contribution is 5.96. The van der Waals surface area contributed by atoms with Gasteiger partial charge in [0.1, 0.15) is 5.58 Å². The van der Waals surface area contributed by atoms with Crippen LogP contribution in [0.3, 0.4) is 0 Å². The molecule has 6 rings (SSSR count). The minimum Gasteiger partial charge on any atom is -0.451 e. The summed E-state index contributed by atoms with van der Waals surface area (Å²) in [5.41, 5.74) is 2.91. The summed E-state index contributed by atoms with van der Waals surface area (Å²) >= 11 is 0. The first kappa shape index (κ1) is 21.6. The Hall–Kier alpha value is -3.88. The van der Waals surface area contributed by atoms with Crippen LogP contribution in [0.2, 0.25) is 0 Å². The average Bonchev–Trinajstić information content (AvgIpc) is 3.27. The van der Waals surface area contributed by atoms with E-state index in [1.807, 2.05) is 49.3 Å². The van der Waals surface area contributed by atoms with Gasteiger partial charge >= 0.3 is 0 Å². The number of likely N-dealkylation sites (tertiary alicyclic amines) is 1. The molecule has 1 saturated heterocycles. The fraction of sp³-hybridized carbons (Fsp3) is 0.385. The summed E-state index contributed by atoms with van der Waals surface area (Å²) in [4.78, 5) is 27.4. The molecule has 1 atom stereocenters. The molecule has 2 fully saturated rings. The van der Waals surface area contributed by atoms with Crippen molar-refractivity contribution in [2.75, 3.05) is 19.6 Å². The number of carbonyl (C=O) groups is 2. The second kappa shape index (κ2) is 8.11. The molecule has 180 valence electrons. The zero-order chi connectivity index (χ0) is 24.2. The quantitative estimate of drug-likeness (QED) is 0.473. The highest BCUT2D eigenvalue weighted by Crippen LogP contribution is 2.59. The zero-order valence-electron chi connectivity index (χ0n) is 19.8. The van der Waals surface area contributed by atoms with Gasteiger partial charge in [0.2, 0.25) is 0 Å². The lowest BCUT2D eigenvalue weighted by molar-refractivity contribution is 0.0658. The third-order valence-electron chi connectivity index (χ3n) is 7.57. The number of rotatable bonds is 5. The normalized spacial score (nSPS) is 18.8. The SMILES string of the molecule is Cc1nn(C)cc1-c1cc(C(=O)N2CCC3(CC2)CC3CNC(=O)c2cc3ccccc3o2)no1. The fourth-order valence-corrected chi connectivity index (χ4v) is 5.39. The molecule has 4 heterocycles. The van der Waals surface area contributed by atoms with Crippen LogP contribution in [0.4, 0.5) is 0 Å². The van der Waals surface area contributed by atoms with E-state index in [1.54, 1.807) is 16.8 Å². The molecule has 9 nitrogen and oxygen atoms in total. The topological polar surface area (TPSA) is 106 Å². The van der Waals surface area contributed by atoms with Crippen molar-refractivity contribution in [1.82, 2.24) is 25.2 Å². The van der Waals surface area contributed by atoms with Crippen LogP contribution in [0, 0.1) is 18.3 Å². The van der Waals surface area contributed by atoms with Gasteiger partial charge in [-0.05, 0) is 49.7 Å². The number of aromatic nitrogens is 3. The molecular weight excluding hydrogens is 446 g/mol. The molecule has 0 radical (unpaired) electrons. The van der Waals surface area contributed by atoms with Gasteiger partial charge in [0.05, 0.1) is 11.3 Å². The minimum absolute atomic E-state index is 0.105. The molecule has 1 spiro atoms. The summed E-state index contributed by atoms with van der Waals surface area (Å²) in [6.45, 7) is 3.89. The molecule has 2 amide bonds. The predicted octanol–water partition coefficient (Wildman–Crippen LogP) is 3.80. The van der Waals surface area contributed by atoms with Gasteiger partial charge in [0.15, 0.2) is 17.2 Å². The molecule has 35 heavy (non-hydrogen) atoms. The van der Waals surface area contributed by atoms with Crippen LogP contribution in [0.5, 0.6) is 0 Å². The Kier molecular flexibility index (Phi) is 5.01. The van der Waals surface area contributed by atoms with E-state index in [0.717, 1.165) is 35.9 Å². The molecule has 1 saturated carbocycles. The molecule has 3 aromatic heterocycles. The third-order valence-corrected chi connectivity index (χ3v) is 7.57. The summed E-state index contributed by atoms with van der Waals surface area (Å²) in [6.07, 6.45) is 4.78. The maximum atomic E-state index is 13.0. The second-order valence-electron chi connectivity index (χ2n) is 9.79. The van der Waals surface area contributed by atoms with Crippen LogP contribution in [0.1, 0.15) is 46.0 Å². The van der Waals surface area contributed by atoms with Crippen molar-refractivity contribution in [3.05, 3.63) is 59.7 Å². The maximum absolute atomic E-state index is 13.0. The molecule has 1 N–H and O–H groups in total. The van der Waals surface area contributed by atoms with E-state index in [-0.39, 0.29) is 17.2 Å². The smallest absolute Gasteiger partial charge is 0.287 e. The summed E-state index contributed by atoms with van der Waals surface area (Å²) in [5, 5.41) is 12.3. The standard InChI is InChI=1S/C26H27N5O4/c1-16-19(15-30(2)28-16)22-12-20(29-35-22)25(33)31-9-7-26(8-10-31)13-18(26)14-27-24(32)23-11-17-5-3-4-6-21(17)34-23/h3-6,11-12,15,18H,7-10,13-14H2,1-2H3,(H,27,32). The van der Waals surface area contributed by atoms with Gasteiger partial charge in [-0.3, -0.25) is 14.3 Å². The largest absolute Gasteiger partial charge is 0.451 e. The molecule has 1 aliphatic heterocycles. The number of carbonyl (C=O) groups excluding carboxylic acids is 2. The summed E-state index contributed by atoms with van der Waals surface area (Å²) in [7, 11) is 1.85. The van der Waals surface area contributed by atoms with Gasteiger partial charge in [-0.2, -0.15) is 5.10 Å². The van der Waals surface area contributed by atoms with Gasteiger partial charge in [-0.1, -0.05) is 23.4 Å². The van der Waals surface area contributed by atoms with E-state index < -0.39 is 0 Å². The van der Waals surface area contributed by atoms with Crippen LogP contribution in [-0.2, 0) is 7.05 Å². The maximum Gasteiger partial charge on any atom is 0.287 e. The van der Waals surface area contributed by atoms with Crippen LogP contribution in [-0.4, -0.2) is 51.3 Å². The number of furan rings is 1. The number of hydrogen-bond donors (Lipinski definition) is 1. The van der Waals surface area contributed by atoms with Crippen molar-refractivity contribution in [2.24, 2.45) is 18.4 Å². The Labute approximate surface area is 202 Å². The first-order valence-corrected chi connectivity index (χ1v) is 12.0. The summed E-state index contributed by atoms with van der Waals surface area (Å²) in [5.74, 6) is 1.04. The minimum atomic E-state index is -0.179. The van der Waals surface area contributed by atoms with Crippen molar-refractivity contribution in [1.29, 1.82) is 0 Å². The Morgan fingerprint density at radius 3 is 2.74 bits per heavy atom. The Bertz CT molecular complexity index is 1390. The molecule has 1 aliphatic carbocycles. The summed E-state index contributed by atoms with van der Waals surface area (Å²) in [6, 6.07) is 11.1. The van der Waals surface area contributed by atoms with E-state index in [2.05, 4.69) is 15.6 Å².